The fourth-order valence-electron chi connectivity index (χ4n) is 2.24. The number of carbonyl (C=O) groups excluding carboxylic acids is 1. The molecule has 0 aliphatic heterocycles. The molecule has 0 N–H and O–H groups in total. The van der Waals surface area contributed by atoms with Crippen LogP contribution in [0.25, 0.3) is 0 Å². The zero-order chi connectivity index (χ0) is 17.5. The minimum absolute atomic E-state index is 0.264. The number of benzene rings is 2. The topological polar surface area (TPSA) is 35.5 Å². The van der Waals surface area contributed by atoms with Gasteiger partial charge in [-0.25, -0.2) is 4.79 Å². The van der Waals surface area contributed by atoms with E-state index >= 15 is 0 Å². The van der Waals surface area contributed by atoms with Crippen LogP contribution in [0.2, 0.25) is 0 Å². The lowest BCUT2D eigenvalue weighted by atomic mass is 10.0. The molecular weight excluding hydrogens is 368 g/mol. The highest BCUT2D eigenvalue weighted by Crippen LogP contribution is 2.30. The SMILES string of the molecule is CCCCOc1ccc(C(=O)Oc2ccc(Br)cc2C(C)C)cc1. The number of ether oxygens (including phenoxy) is 2. The second-order valence-corrected chi connectivity index (χ2v) is 6.87. The van der Waals surface area contributed by atoms with Crippen molar-refractivity contribution in [1.82, 2.24) is 0 Å². The van der Waals surface area contributed by atoms with Crippen molar-refractivity contribution in [1.29, 1.82) is 0 Å². The molecule has 0 spiro atoms. The smallest absolute Gasteiger partial charge is 0.343 e. The molecule has 4 heteroatoms. The second kappa shape index (κ2) is 8.88. The van der Waals surface area contributed by atoms with E-state index in [-0.39, 0.29) is 11.9 Å². The molecule has 0 bridgehead atoms. The van der Waals surface area contributed by atoms with Crippen molar-refractivity contribution in [3.8, 4) is 11.5 Å². The van der Waals surface area contributed by atoms with Crippen molar-refractivity contribution in [2.75, 3.05) is 6.61 Å². The first kappa shape index (κ1) is 18.5. The highest BCUT2D eigenvalue weighted by atomic mass is 79.9. The molecule has 0 atom stereocenters. The first-order valence-electron chi connectivity index (χ1n) is 8.25. The van der Waals surface area contributed by atoms with Crippen LogP contribution in [0.3, 0.4) is 0 Å². The molecule has 2 aromatic carbocycles. The average Bonchev–Trinajstić information content (AvgIpc) is 2.57. The second-order valence-electron chi connectivity index (χ2n) is 5.95. The molecule has 0 heterocycles. The summed E-state index contributed by atoms with van der Waals surface area (Å²) in [6.07, 6.45) is 2.11. The van der Waals surface area contributed by atoms with Crippen LogP contribution in [0, 0.1) is 0 Å². The average molecular weight is 391 g/mol. The Morgan fingerprint density at radius 2 is 1.83 bits per heavy atom. The van der Waals surface area contributed by atoms with E-state index < -0.39 is 0 Å². The number of hydrogen-bond donors (Lipinski definition) is 0. The summed E-state index contributed by atoms with van der Waals surface area (Å²) >= 11 is 3.46. The number of esters is 1. The van der Waals surface area contributed by atoms with Gasteiger partial charge in [-0.05, 0) is 60.4 Å². The molecule has 24 heavy (non-hydrogen) atoms. The molecule has 0 fully saturated rings. The van der Waals surface area contributed by atoms with Crippen LogP contribution in [-0.4, -0.2) is 12.6 Å². The summed E-state index contributed by atoms with van der Waals surface area (Å²) in [5, 5.41) is 0. The monoisotopic (exact) mass is 390 g/mol. The van der Waals surface area contributed by atoms with Crippen LogP contribution in [0.5, 0.6) is 11.5 Å². The van der Waals surface area contributed by atoms with E-state index in [0.717, 1.165) is 28.6 Å². The third-order valence-corrected chi connectivity index (χ3v) is 4.15. The third-order valence-electron chi connectivity index (χ3n) is 3.65. The number of carbonyl (C=O) groups is 1. The van der Waals surface area contributed by atoms with Gasteiger partial charge in [-0.3, -0.25) is 0 Å². The number of unbranched alkanes of at least 4 members (excludes halogenated alkanes) is 1. The van der Waals surface area contributed by atoms with Gasteiger partial charge in [0.15, 0.2) is 0 Å². The molecular formula is C20H23BrO3. The van der Waals surface area contributed by atoms with Gasteiger partial charge in [-0.1, -0.05) is 43.1 Å². The van der Waals surface area contributed by atoms with Gasteiger partial charge in [-0.15, -0.1) is 0 Å². The Labute approximate surface area is 152 Å². The fourth-order valence-corrected chi connectivity index (χ4v) is 2.62. The normalized spacial score (nSPS) is 10.7. The summed E-state index contributed by atoms with van der Waals surface area (Å²) in [7, 11) is 0. The van der Waals surface area contributed by atoms with Crippen LogP contribution in [0.1, 0.15) is 55.5 Å². The predicted octanol–water partition coefficient (Wildman–Crippen LogP) is 5.97. The largest absolute Gasteiger partial charge is 0.494 e. The van der Waals surface area contributed by atoms with Gasteiger partial charge < -0.3 is 9.47 Å². The van der Waals surface area contributed by atoms with E-state index in [9.17, 15) is 4.79 Å². The molecule has 0 unspecified atom stereocenters. The van der Waals surface area contributed by atoms with Crippen LogP contribution in [-0.2, 0) is 0 Å². The van der Waals surface area contributed by atoms with Crippen molar-refractivity contribution >= 4 is 21.9 Å². The minimum Gasteiger partial charge on any atom is -0.494 e. The summed E-state index contributed by atoms with van der Waals surface area (Å²) in [4.78, 5) is 12.4. The third kappa shape index (κ3) is 5.10. The summed E-state index contributed by atoms with van der Waals surface area (Å²) < 4.78 is 12.2. The Bertz CT molecular complexity index is 678. The first-order valence-corrected chi connectivity index (χ1v) is 9.05. The molecule has 0 radical (unpaired) electrons. The minimum atomic E-state index is -0.362. The van der Waals surface area contributed by atoms with Gasteiger partial charge in [0, 0.05) is 4.47 Å². The van der Waals surface area contributed by atoms with Crippen molar-refractivity contribution in [3.63, 3.8) is 0 Å². The standard InChI is InChI=1S/C20H23BrO3/c1-4-5-12-23-17-9-6-15(7-10-17)20(22)24-19-11-8-16(21)13-18(19)14(2)3/h6-11,13-14H,4-5,12H2,1-3H3. The Morgan fingerprint density at radius 1 is 1.12 bits per heavy atom. The van der Waals surface area contributed by atoms with Gasteiger partial charge in [0.05, 0.1) is 12.2 Å². The van der Waals surface area contributed by atoms with E-state index in [1.54, 1.807) is 24.3 Å². The Kier molecular flexibility index (Phi) is 6.85. The summed E-state index contributed by atoms with van der Waals surface area (Å²) in [5.74, 6) is 1.27. The van der Waals surface area contributed by atoms with E-state index in [1.165, 1.54) is 0 Å². The molecule has 0 saturated carbocycles. The maximum absolute atomic E-state index is 12.4. The van der Waals surface area contributed by atoms with Crippen LogP contribution >= 0.6 is 15.9 Å². The summed E-state index contributed by atoms with van der Waals surface area (Å²) in [6.45, 7) is 6.95. The Balaban J connectivity index is 2.07. The lowest BCUT2D eigenvalue weighted by molar-refractivity contribution is 0.0733. The van der Waals surface area contributed by atoms with Gasteiger partial charge in [0.25, 0.3) is 0 Å². The molecule has 3 nitrogen and oxygen atoms in total. The molecule has 128 valence electrons. The molecule has 2 rings (SSSR count). The molecule has 0 saturated heterocycles. The van der Waals surface area contributed by atoms with Gasteiger partial charge in [0.1, 0.15) is 11.5 Å². The van der Waals surface area contributed by atoms with Gasteiger partial charge in [-0.2, -0.15) is 0 Å². The number of halogens is 1. The van der Waals surface area contributed by atoms with Crippen LogP contribution < -0.4 is 9.47 Å². The summed E-state index contributed by atoms with van der Waals surface area (Å²) in [6, 6.07) is 12.8. The first-order chi connectivity index (χ1) is 11.5. The predicted molar refractivity (Wildman–Crippen MR) is 100 cm³/mol. The van der Waals surface area contributed by atoms with E-state index in [2.05, 4.69) is 36.7 Å². The lowest BCUT2D eigenvalue weighted by Crippen LogP contribution is -2.10. The number of hydrogen-bond acceptors (Lipinski definition) is 3. The lowest BCUT2D eigenvalue weighted by Gasteiger charge is -2.13. The summed E-state index contributed by atoms with van der Waals surface area (Å²) in [5.41, 5.74) is 1.51. The number of rotatable bonds is 7. The maximum Gasteiger partial charge on any atom is 0.343 e. The molecule has 0 aliphatic rings. The fraction of sp³-hybridized carbons (Fsp3) is 0.350. The van der Waals surface area contributed by atoms with Crippen molar-refractivity contribution in [2.24, 2.45) is 0 Å². The molecule has 0 amide bonds. The van der Waals surface area contributed by atoms with Crippen molar-refractivity contribution in [3.05, 3.63) is 58.1 Å². The van der Waals surface area contributed by atoms with Crippen LogP contribution in [0.15, 0.2) is 46.9 Å². The van der Waals surface area contributed by atoms with E-state index in [0.29, 0.717) is 17.9 Å². The van der Waals surface area contributed by atoms with E-state index in [4.69, 9.17) is 9.47 Å². The Hall–Kier alpha value is -1.81. The quantitative estimate of drug-likeness (QED) is 0.331. The molecule has 0 aliphatic carbocycles. The zero-order valence-electron chi connectivity index (χ0n) is 14.3. The van der Waals surface area contributed by atoms with Crippen molar-refractivity contribution < 1.29 is 14.3 Å². The maximum atomic E-state index is 12.4. The zero-order valence-corrected chi connectivity index (χ0v) is 15.9. The van der Waals surface area contributed by atoms with Crippen molar-refractivity contribution in [2.45, 2.75) is 39.5 Å². The molecule has 0 aromatic heterocycles. The Morgan fingerprint density at radius 3 is 2.46 bits per heavy atom. The van der Waals surface area contributed by atoms with Crippen LogP contribution in [0.4, 0.5) is 0 Å². The van der Waals surface area contributed by atoms with E-state index in [1.807, 2.05) is 18.2 Å². The highest BCUT2D eigenvalue weighted by Gasteiger charge is 2.14. The molecule has 2 aromatic rings. The highest BCUT2D eigenvalue weighted by molar-refractivity contribution is 9.10. The van der Waals surface area contributed by atoms with Gasteiger partial charge in [0.2, 0.25) is 0 Å². The van der Waals surface area contributed by atoms with Gasteiger partial charge >= 0.3 is 5.97 Å².